The lowest BCUT2D eigenvalue weighted by Gasteiger charge is -2.43. The zero-order valence-corrected chi connectivity index (χ0v) is 19.4. The van der Waals surface area contributed by atoms with Gasteiger partial charge in [-0.3, -0.25) is 14.1 Å². The first-order chi connectivity index (χ1) is 16.7. The van der Waals surface area contributed by atoms with Crippen molar-refractivity contribution in [1.29, 1.82) is 0 Å². The number of ether oxygens (including phenoxy) is 4. The van der Waals surface area contributed by atoms with E-state index in [0.29, 0.717) is 0 Å². The highest BCUT2D eigenvalue weighted by Gasteiger charge is 2.61. The van der Waals surface area contributed by atoms with Crippen LogP contribution in [0.2, 0.25) is 0 Å². The third-order valence-corrected chi connectivity index (χ3v) is 5.95. The second kappa shape index (κ2) is 12.5. The molecule has 2 fully saturated rings. The molecule has 0 aromatic carbocycles. The Kier molecular flexibility index (Phi) is 10.7. The van der Waals surface area contributed by atoms with Gasteiger partial charge in [-0.05, 0) is 6.42 Å². The number of hydrogen-bond donors (Lipinski definition) is 10. The molecular weight excluding hydrogens is 521 g/mol. The van der Waals surface area contributed by atoms with Crippen LogP contribution in [0.3, 0.4) is 0 Å². The second-order valence-electron chi connectivity index (χ2n) is 8.11. The number of carbonyl (C=O) groups excluding carboxylic acids is 1. The van der Waals surface area contributed by atoms with Gasteiger partial charge in [0.05, 0.1) is 13.2 Å². The van der Waals surface area contributed by atoms with Crippen LogP contribution in [-0.2, 0) is 37.6 Å². The molecule has 0 aromatic heterocycles. The highest BCUT2D eigenvalue weighted by Crippen LogP contribution is 2.43. The van der Waals surface area contributed by atoms with E-state index in [2.05, 4.69) is 4.52 Å². The number of rotatable bonds is 12. The Hall–Kier alpha value is -1.35. The van der Waals surface area contributed by atoms with Gasteiger partial charge in [-0.15, -0.1) is 0 Å². The summed E-state index contributed by atoms with van der Waals surface area (Å²) in [6, 6.07) is -1.44. The summed E-state index contributed by atoms with van der Waals surface area (Å²) in [5.41, 5.74) is 5.33. The van der Waals surface area contributed by atoms with Gasteiger partial charge in [-0.1, -0.05) is 0 Å². The Balaban J connectivity index is 2.37. The van der Waals surface area contributed by atoms with Crippen LogP contribution in [-0.4, -0.2) is 138 Å². The number of carbonyl (C=O) groups is 2. The molecule has 2 saturated heterocycles. The van der Waals surface area contributed by atoms with Crippen molar-refractivity contribution in [3.05, 3.63) is 0 Å². The number of nitrogens with two attached hydrogens (primary N) is 1. The lowest BCUT2D eigenvalue weighted by atomic mass is 9.99. The van der Waals surface area contributed by atoms with E-state index in [4.69, 9.17) is 39.6 Å². The lowest BCUT2D eigenvalue weighted by Crippen LogP contribution is -2.63. The maximum Gasteiger partial charge on any atom is 0.469 e. The minimum absolute atomic E-state index is 0.402. The number of phosphoric ester groups is 1. The lowest BCUT2D eigenvalue weighted by molar-refractivity contribution is -0.382. The minimum Gasteiger partial charge on any atom is -0.480 e. The molecular formula is C17H30NO17P. The second-order valence-corrected chi connectivity index (χ2v) is 9.35. The van der Waals surface area contributed by atoms with Crippen LogP contribution in [0.4, 0.5) is 0 Å². The predicted molar refractivity (Wildman–Crippen MR) is 108 cm³/mol. The predicted octanol–water partition coefficient (Wildman–Crippen LogP) is -5.54. The molecule has 36 heavy (non-hydrogen) atoms. The standard InChI is InChI=1S/C17H30NO17P/c18-6(15(26)27)1-2-9(21)33-14-11(23)8(4-20)34-17(14,5-31-36(28,29)30)35-16-13(25)12(24)10(22)7(3-19)32-16/h6-8,10-14,16,19-20,22-25H,1-5,18H2,(H,26,27)(H2,28,29,30)/t6-,7+,8+,10+,11+,12-,13+,14-,16+,17-/m0/s1. The van der Waals surface area contributed by atoms with Gasteiger partial charge in [0.2, 0.25) is 5.79 Å². The van der Waals surface area contributed by atoms with Crippen molar-refractivity contribution in [2.45, 2.75) is 73.7 Å². The van der Waals surface area contributed by atoms with Gasteiger partial charge in [-0.25, -0.2) is 4.57 Å². The summed E-state index contributed by atoms with van der Waals surface area (Å²) in [4.78, 5) is 41.6. The zero-order chi connectivity index (χ0) is 27.4. The maximum absolute atomic E-state index is 12.4. The Bertz CT molecular complexity index is 808. The van der Waals surface area contributed by atoms with Crippen molar-refractivity contribution in [2.75, 3.05) is 19.8 Å². The smallest absolute Gasteiger partial charge is 0.469 e. The average Bonchev–Trinajstić information content (AvgIpc) is 3.07. The van der Waals surface area contributed by atoms with Crippen LogP contribution in [0.1, 0.15) is 12.8 Å². The van der Waals surface area contributed by atoms with Gasteiger partial charge in [0.25, 0.3) is 0 Å². The Morgan fingerprint density at radius 2 is 1.61 bits per heavy atom. The number of hydrogen-bond acceptors (Lipinski definition) is 15. The molecule has 0 aromatic rings. The van der Waals surface area contributed by atoms with E-state index in [1.165, 1.54) is 0 Å². The average molecular weight is 551 g/mol. The number of phosphoric acid groups is 1. The van der Waals surface area contributed by atoms with Crippen molar-refractivity contribution in [3.8, 4) is 0 Å². The number of aliphatic hydroxyl groups is 6. The van der Waals surface area contributed by atoms with Gasteiger partial charge >= 0.3 is 19.8 Å². The quantitative estimate of drug-likeness (QED) is 0.0798. The highest BCUT2D eigenvalue weighted by molar-refractivity contribution is 7.46. The van der Waals surface area contributed by atoms with E-state index >= 15 is 0 Å². The van der Waals surface area contributed by atoms with E-state index in [1.54, 1.807) is 0 Å². The molecule has 18 nitrogen and oxygen atoms in total. The van der Waals surface area contributed by atoms with Crippen LogP contribution >= 0.6 is 7.82 Å². The molecule has 2 aliphatic heterocycles. The summed E-state index contributed by atoms with van der Waals surface area (Å²) in [6.45, 7) is -3.11. The molecule has 0 saturated carbocycles. The Labute approximate surface area is 202 Å². The molecule has 0 spiro atoms. The molecule has 2 rings (SSSR count). The van der Waals surface area contributed by atoms with Gasteiger partial charge in [0, 0.05) is 6.42 Å². The SMILES string of the molecule is N[C@@H](CCC(=O)O[C@H]1[C@H](O)[C@@H](CO)O[C@@]1(COP(=O)(O)O)O[C@H]1O[C@H](CO)[C@@H](O)[C@H](O)[C@H]1O)C(=O)O. The molecule has 2 heterocycles. The Morgan fingerprint density at radius 3 is 2.14 bits per heavy atom. The van der Waals surface area contributed by atoms with E-state index in [-0.39, 0.29) is 0 Å². The molecule has 0 aliphatic carbocycles. The summed E-state index contributed by atoms with van der Waals surface area (Å²) in [5.74, 6) is -5.29. The summed E-state index contributed by atoms with van der Waals surface area (Å²) in [7, 11) is -5.27. The fourth-order valence-corrected chi connectivity index (χ4v) is 3.88. The Morgan fingerprint density at radius 1 is 1.00 bits per heavy atom. The molecule has 0 unspecified atom stereocenters. The van der Waals surface area contributed by atoms with Crippen molar-refractivity contribution in [1.82, 2.24) is 0 Å². The molecule has 19 heteroatoms. The summed E-state index contributed by atoms with van der Waals surface area (Å²) in [6.07, 6.45) is -15.9. The van der Waals surface area contributed by atoms with Crippen molar-refractivity contribution >= 4 is 19.8 Å². The van der Waals surface area contributed by atoms with Crippen LogP contribution in [0.25, 0.3) is 0 Å². The van der Waals surface area contributed by atoms with Crippen molar-refractivity contribution in [2.24, 2.45) is 5.73 Å². The zero-order valence-electron chi connectivity index (χ0n) is 18.5. The normalized spacial score (nSPS) is 38.0. The third kappa shape index (κ3) is 7.36. The summed E-state index contributed by atoms with van der Waals surface area (Å²) < 4.78 is 36.9. The first kappa shape index (κ1) is 30.9. The number of carboxylic acid groups (broad SMARTS) is 1. The number of carboxylic acids is 1. The third-order valence-electron chi connectivity index (χ3n) is 5.49. The molecule has 10 atom stereocenters. The topological polar surface area (TPSA) is 305 Å². The van der Waals surface area contributed by atoms with E-state index < -0.39 is 113 Å². The molecule has 0 radical (unpaired) electrons. The summed E-state index contributed by atoms with van der Waals surface area (Å²) in [5, 5.41) is 68.6. The largest absolute Gasteiger partial charge is 0.480 e. The van der Waals surface area contributed by atoms with Crippen molar-refractivity contribution < 1.29 is 83.2 Å². The number of aliphatic carboxylic acids is 1. The van der Waals surface area contributed by atoms with Crippen LogP contribution < -0.4 is 5.73 Å². The maximum atomic E-state index is 12.4. The molecule has 210 valence electrons. The van der Waals surface area contributed by atoms with Crippen LogP contribution in [0.15, 0.2) is 0 Å². The first-order valence-electron chi connectivity index (χ1n) is 10.5. The molecule has 0 amide bonds. The van der Waals surface area contributed by atoms with Gasteiger partial charge in [0.1, 0.15) is 49.3 Å². The molecule has 2 aliphatic rings. The van der Waals surface area contributed by atoms with Gasteiger partial charge < -0.3 is 70.2 Å². The van der Waals surface area contributed by atoms with Gasteiger partial charge in [0.15, 0.2) is 12.4 Å². The highest BCUT2D eigenvalue weighted by atomic mass is 31.2. The number of aliphatic hydroxyl groups excluding tert-OH is 6. The summed E-state index contributed by atoms with van der Waals surface area (Å²) >= 11 is 0. The molecule has 11 N–H and O–H groups in total. The van der Waals surface area contributed by atoms with Gasteiger partial charge in [-0.2, -0.15) is 0 Å². The van der Waals surface area contributed by atoms with E-state index in [0.717, 1.165) is 0 Å². The fourth-order valence-electron chi connectivity index (χ4n) is 3.53. The fraction of sp³-hybridized carbons (Fsp3) is 0.882. The van der Waals surface area contributed by atoms with Crippen molar-refractivity contribution in [3.63, 3.8) is 0 Å². The number of esters is 1. The van der Waals surface area contributed by atoms with E-state index in [9.17, 15) is 44.8 Å². The minimum atomic E-state index is -5.27. The van der Waals surface area contributed by atoms with E-state index in [1.807, 2.05) is 0 Å². The first-order valence-corrected chi connectivity index (χ1v) is 12.0. The van der Waals surface area contributed by atoms with Crippen LogP contribution in [0.5, 0.6) is 0 Å². The molecule has 0 bridgehead atoms. The monoisotopic (exact) mass is 551 g/mol. The van der Waals surface area contributed by atoms with Crippen LogP contribution in [0, 0.1) is 0 Å².